The van der Waals surface area contributed by atoms with Gasteiger partial charge in [-0.15, -0.1) is 0 Å². The van der Waals surface area contributed by atoms with E-state index in [1.165, 1.54) is 12.1 Å². The molecule has 0 saturated carbocycles. The predicted octanol–water partition coefficient (Wildman–Crippen LogP) is 5.62. The summed E-state index contributed by atoms with van der Waals surface area (Å²) in [6.45, 7) is 0.0852. The van der Waals surface area contributed by atoms with Crippen molar-refractivity contribution in [2.24, 2.45) is 0 Å². The molecular weight excluding hydrogens is 458 g/mol. The smallest absolute Gasteiger partial charge is 0.261 e. The van der Waals surface area contributed by atoms with Crippen LogP contribution in [-0.4, -0.2) is 35.0 Å². The van der Waals surface area contributed by atoms with Crippen molar-refractivity contribution in [2.45, 2.75) is 0 Å². The second-order valence-electron chi connectivity index (χ2n) is 7.07. The van der Waals surface area contributed by atoms with E-state index < -0.39 is 5.82 Å². The number of halogens is 3. The Morgan fingerprint density at radius 3 is 2.38 bits per heavy atom. The van der Waals surface area contributed by atoms with E-state index in [0.29, 0.717) is 16.5 Å². The number of benzene rings is 3. The molecule has 0 radical (unpaired) electrons. The third-order valence-corrected chi connectivity index (χ3v) is 5.77. The number of carbonyl (C=O) groups excluding carboxylic acids is 2. The van der Waals surface area contributed by atoms with E-state index in [9.17, 15) is 14.0 Å². The maximum atomic E-state index is 14.3. The van der Waals surface area contributed by atoms with Gasteiger partial charge in [-0.1, -0.05) is 40.5 Å². The van der Waals surface area contributed by atoms with Crippen molar-refractivity contribution in [2.75, 3.05) is 13.2 Å². The minimum Gasteiger partial charge on any atom is -0.490 e. The lowest BCUT2D eigenvalue weighted by Crippen LogP contribution is -2.33. The van der Waals surface area contributed by atoms with Crippen LogP contribution < -0.4 is 4.74 Å². The average Bonchev–Trinajstić information content (AvgIpc) is 3.31. The van der Waals surface area contributed by atoms with E-state index in [1.54, 1.807) is 42.5 Å². The Kier molecular flexibility index (Phi) is 5.07. The summed E-state index contributed by atoms with van der Waals surface area (Å²) in [6, 6.07) is 14.2. The number of imide groups is 1. The lowest BCUT2D eigenvalue weighted by molar-refractivity contribution is 0.0631. The first kappa shape index (κ1) is 20.5. The van der Waals surface area contributed by atoms with Crippen LogP contribution in [0.25, 0.3) is 22.2 Å². The van der Waals surface area contributed by atoms with Crippen LogP contribution in [0.3, 0.4) is 0 Å². The van der Waals surface area contributed by atoms with E-state index in [0.717, 1.165) is 4.90 Å². The molecule has 0 spiro atoms. The van der Waals surface area contributed by atoms with E-state index in [2.05, 4.69) is 5.16 Å². The molecule has 0 unspecified atom stereocenters. The lowest BCUT2D eigenvalue weighted by atomic mass is 10.1. The summed E-state index contributed by atoms with van der Waals surface area (Å²) >= 11 is 12.2. The topological polar surface area (TPSA) is 72.6 Å². The zero-order valence-corrected chi connectivity index (χ0v) is 17.8. The average molecular weight is 471 g/mol. The molecule has 5 rings (SSSR count). The Hall–Kier alpha value is -3.42. The van der Waals surface area contributed by atoms with Crippen LogP contribution in [0.2, 0.25) is 10.0 Å². The van der Waals surface area contributed by atoms with Crippen LogP contribution in [0, 0.1) is 5.82 Å². The Balaban J connectivity index is 1.35. The van der Waals surface area contributed by atoms with Gasteiger partial charge in [0.2, 0.25) is 0 Å². The first-order valence-corrected chi connectivity index (χ1v) is 10.3. The van der Waals surface area contributed by atoms with Crippen LogP contribution in [-0.2, 0) is 0 Å². The van der Waals surface area contributed by atoms with Crippen molar-refractivity contribution in [3.05, 3.63) is 81.6 Å². The second-order valence-corrected chi connectivity index (χ2v) is 7.88. The van der Waals surface area contributed by atoms with Gasteiger partial charge in [-0.25, -0.2) is 4.39 Å². The molecule has 0 saturated heterocycles. The maximum Gasteiger partial charge on any atom is 0.261 e. The number of hydrogen-bond acceptors (Lipinski definition) is 5. The molecular formula is C23H13Cl2FN2O4. The van der Waals surface area contributed by atoms with Gasteiger partial charge in [0, 0.05) is 10.6 Å². The molecule has 0 N–H and O–H groups in total. The normalized spacial score (nSPS) is 13.2. The number of aromatic nitrogens is 1. The van der Waals surface area contributed by atoms with E-state index in [-0.39, 0.29) is 57.6 Å². The predicted molar refractivity (Wildman–Crippen MR) is 117 cm³/mol. The van der Waals surface area contributed by atoms with E-state index >= 15 is 0 Å². The summed E-state index contributed by atoms with van der Waals surface area (Å²) in [6.07, 6.45) is 0. The van der Waals surface area contributed by atoms with Crippen molar-refractivity contribution in [3.8, 4) is 17.0 Å². The number of amides is 2. The van der Waals surface area contributed by atoms with Crippen LogP contribution in [0.15, 0.2) is 59.1 Å². The molecule has 1 aromatic heterocycles. The van der Waals surface area contributed by atoms with Crippen molar-refractivity contribution >= 4 is 46.0 Å². The Morgan fingerprint density at radius 1 is 0.969 bits per heavy atom. The maximum absolute atomic E-state index is 14.3. The van der Waals surface area contributed by atoms with Gasteiger partial charge >= 0.3 is 0 Å². The van der Waals surface area contributed by atoms with Crippen molar-refractivity contribution in [3.63, 3.8) is 0 Å². The highest BCUT2D eigenvalue weighted by molar-refractivity contribution is 6.36. The second kappa shape index (κ2) is 7.93. The number of nitrogens with zero attached hydrogens (tertiary/aromatic N) is 2. The lowest BCUT2D eigenvalue weighted by Gasteiger charge is -2.15. The van der Waals surface area contributed by atoms with Gasteiger partial charge in [-0.05, 0) is 42.5 Å². The van der Waals surface area contributed by atoms with Gasteiger partial charge < -0.3 is 9.26 Å². The largest absolute Gasteiger partial charge is 0.490 e. The fourth-order valence-corrected chi connectivity index (χ4v) is 4.04. The van der Waals surface area contributed by atoms with Gasteiger partial charge in [-0.2, -0.15) is 0 Å². The Morgan fingerprint density at radius 2 is 1.69 bits per heavy atom. The summed E-state index contributed by atoms with van der Waals surface area (Å²) < 4.78 is 25.3. The highest BCUT2D eigenvalue weighted by atomic mass is 35.5. The highest BCUT2D eigenvalue weighted by Gasteiger charge is 2.34. The first-order valence-electron chi connectivity index (χ1n) is 9.57. The highest BCUT2D eigenvalue weighted by Crippen LogP contribution is 2.38. The van der Waals surface area contributed by atoms with E-state index in [1.807, 2.05) is 0 Å². The number of fused-ring (bicyclic) bond motifs is 2. The number of carbonyl (C=O) groups is 2. The molecule has 2 heterocycles. The molecule has 1 aliphatic heterocycles. The van der Waals surface area contributed by atoms with Gasteiger partial charge in [0.05, 0.1) is 23.1 Å². The van der Waals surface area contributed by atoms with Crippen LogP contribution >= 0.6 is 23.2 Å². The third-order valence-electron chi connectivity index (χ3n) is 5.18. The van der Waals surface area contributed by atoms with Gasteiger partial charge in [0.15, 0.2) is 5.58 Å². The quantitative estimate of drug-likeness (QED) is 0.354. The summed E-state index contributed by atoms with van der Waals surface area (Å²) in [5, 5.41) is 4.87. The van der Waals surface area contributed by atoms with Gasteiger partial charge in [0.25, 0.3) is 11.8 Å². The Labute approximate surface area is 191 Å². The minimum atomic E-state index is -0.537. The summed E-state index contributed by atoms with van der Waals surface area (Å²) in [4.78, 5) is 26.0. The molecule has 3 aromatic carbocycles. The summed E-state index contributed by atoms with van der Waals surface area (Å²) in [5.74, 6) is -0.971. The minimum absolute atomic E-state index is 0.0313. The van der Waals surface area contributed by atoms with Crippen LogP contribution in [0.1, 0.15) is 20.7 Å². The fourth-order valence-electron chi connectivity index (χ4n) is 3.63. The third kappa shape index (κ3) is 3.30. The first-order chi connectivity index (χ1) is 15.5. The van der Waals surface area contributed by atoms with Crippen molar-refractivity contribution < 1.29 is 23.2 Å². The molecule has 0 bridgehead atoms. The number of ether oxygens (including phenoxy) is 1. The van der Waals surface area contributed by atoms with Crippen LogP contribution in [0.5, 0.6) is 5.75 Å². The standard InChI is InChI=1S/C23H13Cl2FN2O4/c24-12-5-6-15(17(26)11-12)20-16-7-8-18(19(25)21(16)32-27-20)31-10-9-28-22(29)13-3-1-2-4-14(13)23(28)30/h1-8,11H,9-10H2. The molecule has 0 atom stereocenters. The van der Waals surface area contributed by atoms with Crippen LogP contribution in [0.4, 0.5) is 4.39 Å². The number of rotatable bonds is 5. The monoisotopic (exact) mass is 470 g/mol. The molecule has 9 heteroatoms. The number of hydrogen-bond donors (Lipinski definition) is 0. The molecule has 4 aromatic rings. The fraction of sp³-hybridized carbons (Fsp3) is 0.0870. The molecule has 0 aliphatic carbocycles. The SMILES string of the molecule is O=C1c2ccccc2C(=O)N1CCOc1ccc2c(-c3ccc(Cl)cc3F)noc2c1Cl. The van der Waals surface area contributed by atoms with Gasteiger partial charge in [-0.3, -0.25) is 14.5 Å². The van der Waals surface area contributed by atoms with Crippen molar-refractivity contribution in [1.82, 2.24) is 10.1 Å². The molecule has 6 nitrogen and oxygen atoms in total. The summed E-state index contributed by atoms with van der Waals surface area (Å²) in [7, 11) is 0. The Bertz CT molecular complexity index is 1370. The molecule has 2 amide bonds. The zero-order chi connectivity index (χ0) is 22.4. The van der Waals surface area contributed by atoms with Gasteiger partial charge in [0.1, 0.15) is 28.9 Å². The molecule has 160 valence electrons. The summed E-state index contributed by atoms with van der Waals surface area (Å²) in [5.41, 5.74) is 1.49. The molecule has 1 aliphatic rings. The van der Waals surface area contributed by atoms with E-state index in [4.69, 9.17) is 32.5 Å². The van der Waals surface area contributed by atoms with Crippen molar-refractivity contribution in [1.29, 1.82) is 0 Å². The molecule has 0 fully saturated rings. The zero-order valence-electron chi connectivity index (χ0n) is 16.3. The molecule has 32 heavy (non-hydrogen) atoms.